The smallest absolute Gasteiger partial charge is 0.343 e. The van der Waals surface area contributed by atoms with Crippen molar-refractivity contribution in [2.75, 3.05) is 6.61 Å². The second kappa shape index (κ2) is 8.40. The first-order chi connectivity index (χ1) is 14.3. The van der Waals surface area contributed by atoms with Crippen molar-refractivity contribution >= 4 is 29.1 Å². The number of allylic oxidation sites excluding steroid dienone is 1. The molecule has 30 heavy (non-hydrogen) atoms. The van der Waals surface area contributed by atoms with Crippen LogP contribution in [0.15, 0.2) is 61.2 Å². The Kier molecular flexibility index (Phi) is 6.01. The highest BCUT2D eigenvalue weighted by Gasteiger charge is 2.57. The predicted octanol–water partition coefficient (Wildman–Crippen LogP) is 7.27. The topological polar surface area (TPSA) is 12.2 Å². The van der Waals surface area contributed by atoms with E-state index in [4.69, 9.17) is 27.9 Å². The fourth-order valence-corrected chi connectivity index (χ4v) is 5.58. The Morgan fingerprint density at radius 3 is 2.50 bits per heavy atom. The van der Waals surface area contributed by atoms with Crippen LogP contribution < -0.4 is 0 Å². The van der Waals surface area contributed by atoms with Crippen LogP contribution in [0.4, 0.5) is 0 Å². The highest BCUT2D eigenvalue weighted by Crippen LogP contribution is 2.51. The highest BCUT2D eigenvalue weighted by atomic mass is 35.5. The van der Waals surface area contributed by atoms with Crippen molar-refractivity contribution in [2.24, 2.45) is 11.3 Å². The van der Waals surface area contributed by atoms with E-state index in [-0.39, 0.29) is 17.4 Å². The average molecular weight is 443 g/mol. The molecule has 2 nitrogen and oxygen atoms in total. The second-order valence-electron chi connectivity index (χ2n) is 9.25. The summed E-state index contributed by atoms with van der Waals surface area (Å²) in [6, 6.07) is 17.1. The molecule has 2 heterocycles. The van der Waals surface area contributed by atoms with Crippen LogP contribution in [0.25, 0.3) is 0 Å². The number of rotatable bonds is 5. The number of ether oxygens (including phenoxy) is 1. The van der Waals surface area contributed by atoms with Crippen molar-refractivity contribution in [3.05, 3.63) is 82.4 Å². The van der Waals surface area contributed by atoms with Gasteiger partial charge in [-0.2, -0.15) is 4.58 Å². The third-order valence-corrected chi connectivity index (χ3v) is 7.19. The van der Waals surface area contributed by atoms with Crippen LogP contribution in [-0.2, 0) is 4.74 Å². The molecule has 4 heteroatoms. The molecule has 0 N–H and O–H groups in total. The molecule has 2 aromatic rings. The van der Waals surface area contributed by atoms with Crippen LogP contribution in [0.3, 0.4) is 0 Å². The lowest BCUT2D eigenvalue weighted by Crippen LogP contribution is -2.46. The third-order valence-electron chi connectivity index (χ3n) is 6.70. The van der Waals surface area contributed by atoms with E-state index in [0.717, 1.165) is 35.4 Å². The first-order valence-corrected chi connectivity index (χ1v) is 11.5. The van der Waals surface area contributed by atoms with E-state index in [1.807, 2.05) is 24.3 Å². The van der Waals surface area contributed by atoms with Gasteiger partial charge in [-0.1, -0.05) is 67.4 Å². The number of benzene rings is 2. The number of hydrogen-bond acceptors (Lipinski definition) is 1. The Balaban J connectivity index is 1.94. The van der Waals surface area contributed by atoms with E-state index in [9.17, 15) is 0 Å². The van der Waals surface area contributed by atoms with Gasteiger partial charge in [0.05, 0.1) is 11.3 Å². The largest absolute Gasteiger partial charge is 0.441 e. The fourth-order valence-electron chi connectivity index (χ4n) is 5.26. The maximum absolute atomic E-state index is 6.43. The highest BCUT2D eigenvalue weighted by molar-refractivity contribution is 6.30. The molecule has 4 atom stereocenters. The molecule has 0 spiro atoms. The lowest BCUT2D eigenvalue weighted by Gasteiger charge is -2.39. The molecule has 4 rings (SSSR count). The van der Waals surface area contributed by atoms with Crippen LogP contribution in [0, 0.1) is 11.3 Å². The molecule has 0 unspecified atom stereocenters. The van der Waals surface area contributed by atoms with E-state index in [1.54, 1.807) is 0 Å². The Morgan fingerprint density at radius 2 is 1.87 bits per heavy atom. The molecule has 0 saturated heterocycles. The maximum atomic E-state index is 6.43. The fraction of sp³-hybridized carbons (Fsp3) is 0.423. The van der Waals surface area contributed by atoms with Crippen molar-refractivity contribution in [3.8, 4) is 0 Å². The number of nitrogens with zero attached hydrogens (tertiary/aromatic N) is 1. The lowest BCUT2D eigenvalue weighted by atomic mass is 9.69. The zero-order valence-electron chi connectivity index (χ0n) is 17.9. The molecule has 0 bridgehead atoms. The predicted molar refractivity (Wildman–Crippen MR) is 126 cm³/mol. The van der Waals surface area contributed by atoms with Crippen LogP contribution in [0.2, 0.25) is 10.0 Å². The minimum absolute atomic E-state index is 0.0959. The van der Waals surface area contributed by atoms with E-state index < -0.39 is 0 Å². The molecule has 0 aromatic heterocycles. The molecule has 158 valence electrons. The number of halogens is 2. The molecular weight excluding hydrogens is 413 g/mol. The summed E-state index contributed by atoms with van der Waals surface area (Å²) in [6.07, 6.45) is 3.88. The molecule has 2 aliphatic heterocycles. The first-order valence-electron chi connectivity index (χ1n) is 10.7. The molecule has 0 radical (unpaired) electrons. The van der Waals surface area contributed by atoms with E-state index in [2.05, 4.69) is 62.3 Å². The van der Waals surface area contributed by atoms with E-state index >= 15 is 0 Å². The van der Waals surface area contributed by atoms with Crippen molar-refractivity contribution in [2.45, 2.75) is 51.6 Å². The molecule has 0 aliphatic carbocycles. The summed E-state index contributed by atoms with van der Waals surface area (Å²) < 4.78 is 8.99. The SMILES string of the molecule is C=CC[C@]1(C)C[C@@H](c2cccc(Cl)c2)[C@H](c2ccc(Cl)cc2)[N+]2=C1OC[C@@H]2C(C)C. The molecule has 0 fully saturated rings. The monoisotopic (exact) mass is 442 g/mol. The van der Waals surface area contributed by atoms with Gasteiger partial charge in [0, 0.05) is 21.5 Å². The Morgan fingerprint density at radius 1 is 1.13 bits per heavy atom. The van der Waals surface area contributed by atoms with E-state index in [1.165, 1.54) is 11.1 Å². The van der Waals surface area contributed by atoms with Crippen LogP contribution in [0.5, 0.6) is 0 Å². The number of hydrogen-bond donors (Lipinski definition) is 0. The Bertz CT molecular complexity index is 965. The first kappa shape index (κ1) is 21.5. The summed E-state index contributed by atoms with van der Waals surface area (Å²) in [7, 11) is 0. The normalized spacial score (nSPS) is 28.4. The van der Waals surface area contributed by atoms with Gasteiger partial charge in [0.25, 0.3) is 0 Å². The lowest BCUT2D eigenvalue weighted by molar-refractivity contribution is -0.616. The summed E-state index contributed by atoms with van der Waals surface area (Å²) >= 11 is 12.7. The standard InChI is InChI=1S/C26H30Cl2NO/c1-5-13-26(4)15-22(19-7-6-8-21(28)14-19)24(18-9-11-20(27)12-10-18)29-23(17(2)3)16-30-25(26)29/h5-12,14,17,22-24H,1,13,15-16H2,2-4H3/q+1/t22-,23+,24-,26+/m0/s1. The van der Waals surface area contributed by atoms with Crippen LogP contribution in [0.1, 0.15) is 56.7 Å². The van der Waals surface area contributed by atoms with Gasteiger partial charge in [-0.3, -0.25) is 0 Å². The quantitative estimate of drug-likeness (QED) is 0.350. The van der Waals surface area contributed by atoms with Gasteiger partial charge in [0.1, 0.15) is 0 Å². The summed E-state index contributed by atoms with van der Waals surface area (Å²) in [6.45, 7) is 11.6. The Labute approximate surface area is 190 Å². The van der Waals surface area contributed by atoms with Gasteiger partial charge in [0.15, 0.2) is 18.7 Å². The van der Waals surface area contributed by atoms with Gasteiger partial charge < -0.3 is 4.74 Å². The van der Waals surface area contributed by atoms with Gasteiger partial charge in [-0.15, -0.1) is 6.58 Å². The van der Waals surface area contributed by atoms with Crippen LogP contribution >= 0.6 is 23.2 Å². The zero-order chi connectivity index (χ0) is 21.5. The second-order valence-corrected chi connectivity index (χ2v) is 10.1. The maximum Gasteiger partial charge on any atom is 0.343 e. The molecule has 2 aromatic carbocycles. The van der Waals surface area contributed by atoms with Crippen molar-refractivity contribution in [1.29, 1.82) is 0 Å². The van der Waals surface area contributed by atoms with Crippen LogP contribution in [-0.4, -0.2) is 23.1 Å². The average Bonchev–Trinajstić information content (AvgIpc) is 3.15. The van der Waals surface area contributed by atoms with Gasteiger partial charge in [-0.05, 0) is 49.6 Å². The minimum atomic E-state index is -0.0959. The molecule has 0 amide bonds. The summed E-state index contributed by atoms with van der Waals surface area (Å²) in [5, 5.41) is 1.54. The molecular formula is C26H30Cl2NO+. The van der Waals surface area contributed by atoms with Gasteiger partial charge in [0.2, 0.25) is 0 Å². The van der Waals surface area contributed by atoms with E-state index in [0.29, 0.717) is 12.0 Å². The van der Waals surface area contributed by atoms with Gasteiger partial charge >= 0.3 is 5.90 Å². The zero-order valence-corrected chi connectivity index (χ0v) is 19.5. The van der Waals surface area contributed by atoms with Crippen molar-refractivity contribution in [3.63, 3.8) is 0 Å². The summed E-state index contributed by atoms with van der Waals surface area (Å²) in [5.41, 5.74) is 2.44. The third kappa shape index (κ3) is 3.81. The molecule has 2 aliphatic rings. The Hall–Kier alpha value is -1.77. The summed E-state index contributed by atoms with van der Waals surface area (Å²) in [5.74, 6) is 1.87. The van der Waals surface area contributed by atoms with Crippen molar-refractivity contribution in [1.82, 2.24) is 0 Å². The minimum Gasteiger partial charge on any atom is -0.441 e. The van der Waals surface area contributed by atoms with Gasteiger partial charge in [-0.25, -0.2) is 0 Å². The van der Waals surface area contributed by atoms with Crippen molar-refractivity contribution < 1.29 is 9.31 Å². The summed E-state index contributed by atoms with van der Waals surface area (Å²) in [4.78, 5) is 0. The molecule has 0 saturated carbocycles.